The lowest BCUT2D eigenvalue weighted by molar-refractivity contribution is -0.139. The van der Waals surface area contributed by atoms with E-state index in [0.717, 1.165) is 11.1 Å². The van der Waals surface area contributed by atoms with E-state index in [1.54, 1.807) is 36.4 Å². The number of carbonyl (C=O) groups is 3. The van der Waals surface area contributed by atoms with E-state index in [9.17, 15) is 19.5 Å². The highest BCUT2D eigenvalue weighted by molar-refractivity contribution is 6.30. The molecule has 0 spiro atoms. The highest BCUT2D eigenvalue weighted by Gasteiger charge is 2.54. The predicted octanol–water partition coefficient (Wildman–Crippen LogP) is 2.20. The molecule has 0 fully saturated rings. The van der Waals surface area contributed by atoms with Crippen molar-refractivity contribution in [2.45, 2.75) is 18.1 Å². The molecule has 0 radical (unpaired) electrons. The fourth-order valence-corrected chi connectivity index (χ4v) is 3.29. The van der Waals surface area contributed by atoms with Crippen molar-refractivity contribution >= 4 is 29.8 Å². The SMILES string of the molecule is O=CNC1(CC(=O)O)C(=O)c2ccc(-c3ccc(Cl)cc3)cc2C1O. The number of benzene rings is 2. The number of aliphatic hydroxyl groups excluding tert-OH is 1. The molecule has 2 unspecified atom stereocenters. The Bertz CT molecular complexity index is 864. The van der Waals surface area contributed by atoms with Crippen molar-refractivity contribution in [3.63, 3.8) is 0 Å². The molecule has 2 atom stereocenters. The van der Waals surface area contributed by atoms with Crippen LogP contribution in [0.25, 0.3) is 11.1 Å². The monoisotopic (exact) mass is 359 g/mol. The summed E-state index contributed by atoms with van der Waals surface area (Å²) in [5.41, 5.74) is 0.147. The summed E-state index contributed by atoms with van der Waals surface area (Å²) in [5, 5.41) is 22.5. The summed E-state index contributed by atoms with van der Waals surface area (Å²) >= 11 is 5.87. The molecule has 0 saturated heterocycles. The highest BCUT2D eigenvalue weighted by atomic mass is 35.5. The molecule has 0 bridgehead atoms. The largest absolute Gasteiger partial charge is 0.481 e. The Balaban J connectivity index is 2.08. The maximum absolute atomic E-state index is 12.7. The number of hydrogen-bond acceptors (Lipinski definition) is 4. The lowest BCUT2D eigenvalue weighted by Gasteiger charge is -2.28. The molecule has 3 N–H and O–H groups in total. The van der Waals surface area contributed by atoms with Gasteiger partial charge in [-0.2, -0.15) is 0 Å². The summed E-state index contributed by atoms with van der Waals surface area (Å²) < 4.78 is 0. The molecule has 0 heterocycles. The van der Waals surface area contributed by atoms with Crippen LogP contribution < -0.4 is 5.32 Å². The third kappa shape index (κ3) is 2.79. The van der Waals surface area contributed by atoms with Gasteiger partial charge in [0.25, 0.3) is 0 Å². The van der Waals surface area contributed by atoms with E-state index in [4.69, 9.17) is 16.7 Å². The van der Waals surface area contributed by atoms with Gasteiger partial charge in [-0.15, -0.1) is 0 Å². The van der Waals surface area contributed by atoms with Crippen LogP contribution in [0.15, 0.2) is 42.5 Å². The Labute approximate surface area is 148 Å². The molecule has 0 saturated carbocycles. The first-order valence-corrected chi connectivity index (χ1v) is 7.83. The summed E-state index contributed by atoms with van der Waals surface area (Å²) in [6.07, 6.45) is -1.93. The Kier molecular flexibility index (Phi) is 4.32. The van der Waals surface area contributed by atoms with Crippen molar-refractivity contribution in [1.29, 1.82) is 0 Å². The minimum atomic E-state index is -1.89. The number of ketones is 1. The molecule has 0 aromatic heterocycles. The normalized spacial score (nSPS) is 21.7. The predicted molar refractivity (Wildman–Crippen MR) is 90.4 cm³/mol. The fourth-order valence-electron chi connectivity index (χ4n) is 3.16. The van der Waals surface area contributed by atoms with E-state index < -0.39 is 29.8 Å². The number of aliphatic carboxylic acids is 1. The Hall–Kier alpha value is -2.70. The van der Waals surface area contributed by atoms with Gasteiger partial charge in [0.2, 0.25) is 6.41 Å². The van der Waals surface area contributed by atoms with Gasteiger partial charge in [0.15, 0.2) is 5.78 Å². The molecule has 7 heteroatoms. The standard InChI is InChI=1S/C18H14ClNO5/c19-12-4-1-10(2-5-12)11-3-6-13-14(7-11)17(25)18(16(13)24,20-9-21)8-15(22)23/h1-7,9,17,25H,8H2,(H,20,21)(H,22,23). The smallest absolute Gasteiger partial charge is 0.306 e. The quantitative estimate of drug-likeness (QED) is 0.710. The number of nitrogens with one attached hydrogen (secondary N) is 1. The first kappa shape index (κ1) is 17.1. The number of halogens is 1. The zero-order valence-electron chi connectivity index (χ0n) is 12.9. The number of Topliss-reactive ketones (excluding diaryl/α,β-unsaturated/α-hetero) is 1. The highest BCUT2D eigenvalue weighted by Crippen LogP contribution is 2.42. The molecule has 6 nitrogen and oxygen atoms in total. The number of carbonyl (C=O) groups excluding carboxylic acids is 2. The van der Waals surface area contributed by atoms with Crippen molar-refractivity contribution < 1.29 is 24.6 Å². The van der Waals surface area contributed by atoms with Gasteiger partial charge in [0, 0.05) is 10.6 Å². The van der Waals surface area contributed by atoms with Crippen molar-refractivity contribution in [2.24, 2.45) is 0 Å². The Morgan fingerprint density at radius 3 is 2.44 bits per heavy atom. The number of fused-ring (bicyclic) bond motifs is 1. The maximum atomic E-state index is 12.7. The van der Waals surface area contributed by atoms with Crippen LogP contribution in [0.3, 0.4) is 0 Å². The molecule has 2 aromatic rings. The minimum absolute atomic E-state index is 0.195. The summed E-state index contributed by atoms with van der Waals surface area (Å²) in [7, 11) is 0. The number of amides is 1. The molecule has 25 heavy (non-hydrogen) atoms. The first-order valence-electron chi connectivity index (χ1n) is 7.45. The molecule has 2 aromatic carbocycles. The number of carboxylic acids is 1. The van der Waals surface area contributed by atoms with Gasteiger partial charge in [-0.1, -0.05) is 35.9 Å². The minimum Gasteiger partial charge on any atom is -0.481 e. The van der Waals surface area contributed by atoms with Gasteiger partial charge in [0.1, 0.15) is 11.6 Å². The number of aliphatic hydroxyl groups is 1. The van der Waals surface area contributed by atoms with E-state index in [1.807, 2.05) is 0 Å². The first-order chi connectivity index (χ1) is 11.9. The van der Waals surface area contributed by atoms with Crippen molar-refractivity contribution in [3.8, 4) is 11.1 Å². The average Bonchev–Trinajstić information content (AvgIpc) is 2.77. The summed E-state index contributed by atoms with van der Waals surface area (Å²) in [6, 6.07) is 11.9. The second-order valence-corrected chi connectivity index (χ2v) is 6.28. The Morgan fingerprint density at radius 2 is 1.84 bits per heavy atom. The molecule has 1 aliphatic rings. The topological polar surface area (TPSA) is 104 Å². The van der Waals surface area contributed by atoms with E-state index >= 15 is 0 Å². The van der Waals surface area contributed by atoms with Crippen LogP contribution in [0.4, 0.5) is 0 Å². The van der Waals surface area contributed by atoms with Gasteiger partial charge in [-0.25, -0.2) is 0 Å². The van der Waals surface area contributed by atoms with Crippen LogP contribution >= 0.6 is 11.6 Å². The van der Waals surface area contributed by atoms with Crippen LogP contribution in [0, 0.1) is 0 Å². The third-order valence-corrected chi connectivity index (χ3v) is 4.64. The van der Waals surface area contributed by atoms with Crippen molar-refractivity contribution in [3.05, 3.63) is 58.6 Å². The van der Waals surface area contributed by atoms with E-state index in [1.165, 1.54) is 6.07 Å². The van der Waals surface area contributed by atoms with Gasteiger partial charge < -0.3 is 15.5 Å². The van der Waals surface area contributed by atoms with Gasteiger partial charge in [-0.05, 0) is 34.9 Å². The van der Waals surface area contributed by atoms with E-state index in [2.05, 4.69) is 5.32 Å². The van der Waals surface area contributed by atoms with Crippen LogP contribution in [0.1, 0.15) is 28.4 Å². The van der Waals surface area contributed by atoms with Crippen LogP contribution in [0.2, 0.25) is 5.02 Å². The molecular formula is C18H14ClNO5. The van der Waals surface area contributed by atoms with Crippen molar-refractivity contribution in [2.75, 3.05) is 0 Å². The van der Waals surface area contributed by atoms with E-state index in [0.29, 0.717) is 5.02 Å². The van der Waals surface area contributed by atoms with E-state index in [-0.39, 0.29) is 17.5 Å². The third-order valence-electron chi connectivity index (χ3n) is 4.39. The van der Waals surface area contributed by atoms with Crippen LogP contribution in [0.5, 0.6) is 0 Å². The number of carboxylic acid groups (broad SMARTS) is 1. The van der Waals surface area contributed by atoms with Crippen LogP contribution in [-0.2, 0) is 9.59 Å². The van der Waals surface area contributed by atoms with Gasteiger partial charge >= 0.3 is 5.97 Å². The molecule has 1 aliphatic carbocycles. The second-order valence-electron chi connectivity index (χ2n) is 5.84. The van der Waals surface area contributed by atoms with Crippen molar-refractivity contribution in [1.82, 2.24) is 5.32 Å². The summed E-state index contributed by atoms with van der Waals surface area (Å²) in [6.45, 7) is 0. The zero-order chi connectivity index (χ0) is 18.2. The molecular weight excluding hydrogens is 346 g/mol. The van der Waals surface area contributed by atoms with Gasteiger partial charge in [-0.3, -0.25) is 14.4 Å². The fraction of sp³-hybridized carbons (Fsp3) is 0.167. The Morgan fingerprint density at radius 1 is 1.20 bits per heavy atom. The number of hydrogen-bond donors (Lipinski definition) is 3. The zero-order valence-corrected chi connectivity index (χ0v) is 13.7. The lowest BCUT2D eigenvalue weighted by atomic mass is 9.88. The average molecular weight is 360 g/mol. The number of rotatable bonds is 5. The summed E-state index contributed by atoms with van der Waals surface area (Å²) in [4.78, 5) is 34.8. The molecule has 128 valence electrons. The molecule has 1 amide bonds. The van der Waals surface area contributed by atoms with Crippen LogP contribution in [-0.4, -0.2) is 33.9 Å². The lowest BCUT2D eigenvalue weighted by Crippen LogP contribution is -2.53. The molecule has 0 aliphatic heterocycles. The maximum Gasteiger partial charge on any atom is 0.306 e. The summed E-state index contributed by atoms with van der Waals surface area (Å²) in [5.74, 6) is -1.92. The molecule has 3 rings (SSSR count). The second kappa shape index (κ2) is 6.31. The van der Waals surface area contributed by atoms with Gasteiger partial charge in [0.05, 0.1) is 6.42 Å².